The Hall–Kier alpha value is -1.85. The molecule has 1 N–H and O–H groups in total. The molecule has 0 saturated carbocycles. The molecule has 0 unspecified atom stereocenters. The zero-order valence-corrected chi connectivity index (χ0v) is 13.6. The van der Waals surface area contributed by atoms with Crippen molar-refractivity contribution in [2.75, 3.05) is 19.6 Å². The van der Waals surface area contributed by atoms with Crippen molar-refractivity contribution >= 4 is 18.3 Å². The summed E-state index contributed by atoms with van der Waals surface area (Å²) in [5, 5.41) is 7.78. The first-order chi connectivity index (χ1) is 10.2. The number of halogens is 1. The largest absolute Gasteiger partial charge is 0.333 e. The van der Waals surface area contributed by atoms with Gasteiger partial charge in [0.15, 0.2) is 0 Å². The predicted octanol–water partition coefficient (Wildman–Crippen LogP) is 2.04. The van der Waals surface area contributed by atoms with E-state index in [1.807, 2.05) is 48.4 Å². The van der Waals surface area contributed by atoms with Crippen molar-refractivity contribution in [2.45, 2.75) is 19.9 Å². The van der Waals surface area contributed by atoms with E-state index in [-0.39, 0.29) is 24.4 Å². The average Bonchev–Trinajstić information content (AvgIpc) is 2.90. The summed E-state index contributed by atoms with van der Waals surface area (Å²) in [6, 6.07) is 10.1. The first-order valence-corrected chi connectivity index (χ1v) is 7.30. The van der Waals surface area contributed by atoms with Gasteiger partial charge in [0, 0.05) is 31.9 Å². The molecule has 1 aliphatic rings. The maximum atomic E-state index is 12.7. The minimum atomic E-state index is 0. The van der Waals surface area contributed by atoms with Gasteiger partial charge in [-0.15, -0.1) is 12.4 Å². The highest BCUT2D eigenvalue weighted by Crippen LogP contribution is 2.16. The molecule has 1 amide bonds. The fourth-order valence-electron chi connectivity index (χ4n) is 2.68. The zero-order valence-electron chi connectivity index (χ0n) is 12.8. The fraction of sp³-hybridized carbons (Fsp3) is 0.375. The van der Waals surface area contributed by atoms with Crippen molar-refractivity contribution in [3.05, 3.63) is 47.8 Å². The van der Waals surface area contributed by atoms with Gasteiger partial charge >= 0.3 is 0 Å². The van der Waals surface area contributed by atoms with Crippen LogP contribution in [0, 0.1) is 6.92 Å². The molecule has 6 heteroatoms. The van der Waals surface area contributed by atoms with Gasteiger partial charge in [-0.1, -0.05) is 18.2 Å². The van der Waals surface area contributed by atoms with Crippen LogP contribution in [0.2, 0.25) is 0 Å². The van der Waals surface area contributed by atoms with Gasteiger partial charge in [0.1, 0.15) is 0 Å². The van der Waals surface area contributed by atoms with Gasteiger partial charge in [-0.2, -0.15) is 5.10 Å². The molecule has 5 nitrogen and oxygen atoms in total. The van der Waals surface area contributed by atoms with Crippen LogP contribution in [0.5, 0.6) is 0 Å². The third-order valence-electron chi connectivity index (χ3n) is 3.91. The third kappa shape index (κ3) is 3.15. The quantitative estimate of drug-likeness (QED) is 0.921. The molecule has 1 aromatic carbocycles. The summed E-state index contributed by atoms with van der Waals surface area (Å²) in [4.78, 5) is 14.6. The number of hydrogen-bond donors (Lipinski definition) is 1. The van der Waals surface area contributed by atoms with Crippen LogP contribution >= 0.6 is 12.4 Å². The van der Waals surface area contributed by atoms with Crippen molar-refractivity contribution < 1.29 is 4.79 Å². The van der Waals surface area contributed by atoms with Gasteiger partial charge in [-0.3, -0.25) is 4.79 Å². The van der Waals surface area contributed by atoms with Gasteiger partial charge in [0.25, 0.3) is 5.91 Å². The number of aromatic nitrogens is 2. The second kappa shape index (κ2) is 6.94. The minimum Gasteiger partial charge on any atom is -0.333 e. The van der Waals surface area contributed by atoms with Gasteiger partial charge < -0.3 is 10.2 Å². The second-order valence-electron chi connectivity index (χ2n) is 5.46. The molecule has 2 heterocycles. The van der Waals surface area contributed by atoms with Crippen LogP contribution in [-0.4, -0.2) is 46.3 Å². The Morgan fingerprint density at radius 1 is 1.32 bits per heavy atom. The number of rotatable bonds is 2. The van der Waals surface area contributed by atoms with E-state index in [1.165, 1.54) is 0 Å². The monoisotopic (exact) mass is 320 g/mol. The standard InChI is InChI=1S/C16H20N4O.ClH/c1-12-10-17-8-9-19(12)16(21)15-11-20(18-13(15)2)14-6-4-3-5-7-14;/h3-7,11-12,17H,8-10H2,1-2H3;1H/t12-;/m1./s1. The molecule has 3 rings (SSSR count). The highest BCUT2D eigenvalue weighted by atomic mass is 35.5. The molecule has 1 aliphatic heterocycles. The van der Waals surface area contributed by atoms with E-state index in [0.29, 0.717) is 5.56 Å². The number of carbonyl (C=O) groups excluding carboxylic acids is 1. The number of carbonyl (C=O) groups is 1. The van der Waals surface area contributed by atoms with E-state index in [9.17, 15) is 4.79 Å². The molecular formula is C16H21ClN4O. The molecular weight excluding hydrogens is 300 g/mol. The van der Waals surface area contributed by atoms with E-state index >= 15 is 0 Å². The van der Waals surface area contributed by atoms with Gasteiger partial charge in [0.05, 0.1) is 16.9 Å². The van der Waals surface area contributed by atoms with Gasteiger partial charge in [-0.05, 0) is 26.0 Å². The van der Waals surface area contributed by atoms with E-state index in [0.717, 1.165) is 31.0 Å². The Balaban J connectivity index is 0.00000176. The number of hydrogen-bond acceptors (Lipinski definition) is 3. The lowest BCUT2D eigenvalue weighted by molar-refractivity contribution is 0.0655. The number of nitrogens with one attached hydrogen (secondary N) is 1. The average molecular weight is 321 g/mol. The molecule has 1 aromatic heterocycles. The summed E-state index contributed by atoms with van der Waals surface area (Å²) < 4.78 is 1.77. The van der Waals surface area contributed by atoms with Crippen molar-refractivity contribution in [1.29, 1.82) is 0 Å². The number of para-hydroxylation sites is 1. The van der Waals surface area contributed by atoms with Gasteiger partial charge in [-0.25, -0.2) is 4.68 Å². The van der Waals surface area contributed by atoms with Crippen LogP contribution in [0.3, 0.4) is 0 Å². The molecule has 22 heavy (non-hydrogen) atoms. The first-order valence-electron chi connectivity index (χ1n) is 7.30. The van der Waals surface area contributed by atoms with E-state index < -0.39 is 0 Å². The fourth-order valence-corrected chi connectivity index (χ4v) is 2.68. The van der Waals surface area contributed by atoms with Crippen LogP contribution in [0.1, 0.15) is 23.0 Å². The molecule has 2 aromatic rings. The lowest BCUT2D eigenvalue weighted by atomic mass is 10.1. The van der Waals surface area contributed by atoms with E-state index in [2.05, 4.69) is 17.3 Å². The molecule has 1 saturated heterocycles. The van der Waals surface area contributed by atoms with Crippen LogP contribution in [-0.2, 0) is 0 Å². The summed E-state index contributed by atoms with van der Waals surface area (Å²) >= 11 is 0. The minimum absolute atomic E-state index is 0. The summed E-state index contributed by atoms with van der Waals surface area (Å²) in [7, 11) is 0. The van der Waals surface area contributed by atoms with E-state index in [4.69, 9.17) is 0 Å². The summed E-state index contributed by atoms with van der Waals surface area (Å²) in [6.45, 7) is 6.40. The number of piperazine rings is 1. The summed E-state index contributed by atoms with van der Waals surface area (Å²) in [5.74, 6) is 0.0729. The molecule has 1 atom stereocenters. The topological polar surface area (TPSA) is 50.2 Å². The van der Waals surface area contributed by atoms with Crippen molar-refractivity contribution in [1.82, 2.24) is 20.0 Å². The van der Waals surface area contributed by atoms with Crippen molar-refractivity contribution in [3.8, 4) is 5.69 Å². The SMILES string of the molecule is Cc1nn(-c2ccccc2)cc1C(=O)N1CCNC[C@H]1C.Cl. The molecule has 0 spiro atoms. The number of benzene rings is 1. The maximum Gasteiger partial charge on any atom is 0.257 e. The lowest BCUT2D eigenvalue weighted by Crippen LogP contribution is -2.52. The first kappa shape index (κ1) is 16.5. The zero-order chi connectivity index (χ0) is 14.8. The number of amides is 1. The third-order valence-corrected chi connectivity index (χ3v) is 3.91. The highest BCUT2D eigenvalue weighted by molar-refractivity contribution is 5.95. The Bertz CT molecular complexity index is 641. The number of nitrogens with zero attached hydrogens (tertiary/aromatic N) is 3. The Morgan fingerprint density at radius 3 is 2.73 bits per heavy atom. The highest BCUT2D eigenvalue weighted by Gasteiger charge is 2.26. The second-order valence-corrected chi connectivity index (χ2v) is 5.46. The van der Waals surface area contributed by atoms with Gasteiger partial charge in [0.2, 0.25) is 0 Å². The van der Waals surface area contributed by atoms with Crippen molar-refractivity contribution in [2.24, 2.45) is 0 Å². The molecule has 0 radical (unpaired) electrons. The summed E-state index contributed by atoms with van der Waals surface area (Å²) in [5.41, 5.74) is 2.43. The van der Waals surface area contributed by atoms with E-state index in [1.54, 1.807) is 4.68 Å². The molecule has 0 bridgehead atoms. The Kier molecular flexibility index (Phi) is 5.21. The smallest absolute Gasteiger partial charge is 0.257 e. The lowest BCUT2D eigenvalue weighted by Gasteiger charge is -2.33. The molecule has 118 valence electrons. The van der Waals surface area contributed by atoms with Crippen LogP contribution in [0.15, 0.2) is 36.5 Å². The maximum absolute atomic E-state index is 12.7. The summed E-state index contributed by atoms with van der Waals surface area (Å²) in [6.07, 6.45) is 1.84. The number of aryl methyl sites for hydroxylation is 1. The van der Waals surface area contributed by atoms with Crippen molar-refractivity contribution in [3.63, 3.8) is 0 Å². The predicted molar refractivity (Wildman–Crippen MR) is 88.9 cm³/mol. The Labute approximate surface area is 136 Å². The molecule has 1 fully saturated rings. The van der Waals surface area contributed by atoms with Crippen LogP contribution in [0.4, 0.5) is 0 Å². The van der Waals surface area contributed by atoms with Crippen LogP contribution < -0.4 is 5.32 Å². The normalized spacial score (nSPS) is 17.9. The van der Waals surface area contributed by atoms with Crippen LogP contribution in [0.25, 0.3) is 5.69 Å². The molecule has 0 aliphatic carbocycles. The Morgan fingerprint density at radius 2 is 2.05 bits per heavy atom.